The summed E-state index contributed by atoms with van der Waals surface area (Å²) in [5, 5.41) is 3.40. The molecule has 1 saturated heterocycles. The highest BCUT2D eigenvalue weighted by atomic mass is 32.2. The van der Waals surface area contributed by atoms with E-state index in [0.717, 1.165) is 37.5 Å². The SMILES string of the molecule is O=S(=O)(c1ccc(NCC2C3Cc4ccccc4C23)nc1)N1CCCCC1. The molecule has 3 aliphatic rings. The Balaban J connectivity index is 1.21. The van der Waals surface area contributed by atoms with Crippen molar-refractivity contribution in [3.8, 4) is 0 Å². The second-order valence-electron chi connectivity index (χ2n) is 7.98. The Kier molecular flexibility index (Phi) is 4.20. The predicted molar refractivity (Wildman–Crippen MR) is 105 cm³/mol. The van der Waals surface area contributed by atoms with Gasteiger partial charge in [-0.1, -0.05) is 30.7 Å². The molecule has 0 amide bonds. The molecule has 6 heteroatoms. The lowest BCUT2D eigenvalue weighted by atomic mass is 10.0. The first-order valence-corrected chi connectivity index (χ1v) is 11.4. The van der Waals surface area contributed by atoms with E-state index in [1.807, 2.05) is 0 Å². The van der Waals surface area contributed by atoms with Crippen LogP contribution in [0.1, 0.15) is 36.3 Å². The molecule has 2 heterocycles. The number of piperidine rings is 1. The molecule has 5 rings (SSSR count). The monoisotopic (exact) mass is 383 g/mol. The molecule has 5 nitrogen and oxygen atoms in total. The minimum absolute atomic E-state index is 0.298. The molecule has 1 saturated carbocycles. The maximum atomic E-state index is 12.7. The summed E-state index contributed by atoms with van der Waals surface area (Å²) in [4.78, 5) is 4.66. The third-order valence-electron chi connectivity index (χ3n) is 6.41. The highest BCUT2D eigenvalue weighted by Gasteiger charge is 2.54. The van der Waals surface area contributed by atoms with Crippen LogP contribution < -0.4 is 5.32 Å². The molecular formula is C21H25N3O2S. The molecule has 2 aliphatic carbocycles. The minimum atomic E-state index is -3.40. The van der Waals surface area contributed by atoms with E-state index in [2.05, 4.69) is 34.6 Å². The van der Waals surface area contributed by atoms with Crippen LogP contribution >= 0.6 is 0 Å². The van der Waals surface area contributed by atoms with Crippen LogP contribution in [-0.4, -0.2) is 37.3 Å². The van der Waals surface area contributed by atoms with Gasteiger partial charge in [-0.25, -0.2) is 13.4 Å². The zero-order chi connectivity index (χ0) is 18.4. The van der Waals surface area contributed by atoms with Crippen molar-refractivity contribution in [2.75, 3.05) is 25.0 Å². The van der Waals surface area contributed by atoms with Gasteiger partial charge in [0.25, 0.3) is 0 Å². The fourth-order valence-corrected chi connectivity index (χ4v) is 6.34. The van der Waals surface area contributed by atoms with Crippen LogP contribution in [0, 0.1) is 11.8 Å². The van der Waals surface area contributed by atoms with Gasteiger partial charge in [0.2, 0.25) is 10.0 Å². The number of aromatic nitrogens is 1. The van der Waals surface area contributed by atoms with Gasteiger partial charge >= 0.3 is 0 Å². The van der Waals surface area contributed by atoms with Crippen molar-refractivity contribution in [2.24, 2.45) is 11.8 Å². The molecule has 3 unspecified atom stereocenters. The largest absolute Gasteiger partial charge is 0.370 e. The van der Waals surface area contributed by atoms with Crippen molar-refractivity contribution >= 4 is 15.8 Å². The maximum absolute atomic E-state index is 12.7. The van der Waals surface area contributed by atoms with Crippen molar-refractivity contribution in [3.05, 3.63) is 53.7 Å². The molecule has 27 heavy (non-hydrogen) atoms. The molecule has 2 fully saturated rings. The smallest absolute Gasteiger partial charge is 0.244 e. The lowest BCUT2D eigenvalue weighted by molar-refractivity contribution is 0.346. The number of benzene rings is 1. The van der Waals surface area contributed by atoms with Crippen molar-refractivity contribution in [1.29, 1.82) is 0 Å². The van der Waals surface area contributed by atoms with Gasteiger partial charge in [-0.3, -0.25) is 0 Å². The fourth-order valence-electron chi connectivity index (χ4n) is 4.88. The van der Waals surface area contributed by atoms with Crippen LogP contribution in [0.15, 0.2) is 47.5 Å². The standard InChI is InChI=1S/C21H25N3O2S/c25-27(26,24-10-4-1-5-11-24)16-8-9-20(22-13-16)23-14-19-18-12-15-6-2-3-7-17(15)21(18)19/h2-3,6-9,13,18-19,21H,1,4-5,10-12,14H2,(H,22,23). The zero-order valence-corrected chi connectivity index (χ0v) is 16.2. The summed E-state index contributed by atoms with van der Waals surface area (Å²) >= 11 is 0. The summed E-state index contributed by atoms with van der Waals surface area (Å²) in [7, 11) is -3.40. The summed E-state index contributed by atoms with van der Waals surface area (Å²) in [5.74, 6) is 2.87. The van der Waals surface area contributed by atoms with Gasteiger partial charge in [-0.2, -0.15) is 4.31 Å². The average molecular weight is 384 g/mol. The van der Waals surface area contributed by atoms with Gasteiger partial charge < -0.3 is 5.32 Å². The van der Waals surface area contributed by atoms with Gasteiger partial charge in [0, 0.05) is 25.8 Å². The van der Waals surface area contributed by atoms with Gasteiger partial charge in [0.1, 0.15) is 10.7 Å². The van der Waals surface area contributed by atoms with E-state index < -0.39 is 10.0 Å². The van der Waals surface area contributed by atoms with E-state index in [-0.39, 0.29) is 0 Å². The van der Waals surface area contributed by atoms with E-state index in [4.69, 9.17) is 0 Å². The number of anilines is 1. The molecule has 0 bridgehead atoms. The number of nitrogens with zero attached hydrogens (tertiary/aromatic N) is 2. The van der Waals surface area contributed by atoms with Crippen molar-refractivity contribution in [3.63, 3.8) is 0 Å². The van der Waals surface area contributed by atoms with E-state index in [1.165, 1.54) is 23.7 Å². The van der Waals surface area contributed by atoms with Crippen LogP contribution in [0.2, 0.25) is 0 Å². The average Bonchev–Trinajstić information content (AvgIpc) is 3.25. The molecule has 0 spiro atoms. The number of hydrogen-bond acceptors (Lipinski definition) is 4. The molecule has 1 aliphatic heterocycles. The Labute approximate surface area is 160 Å². The second-order valence-corrected chi connectivity index (χ2v) is 9.92. The zero-order valence-electron chi connectivity index (χ0n) is 15.3. The second kappa shape index (κ2) is 6.60. The number of hydrogen-bond donors (Lipinski definition) is 1. The van der Waals surface area contributed by atoms with Crippen LogP contribution in [-0.2, 0) is 16.4 Å². The Hall–Kier alpha value is -1.92. The number of pyridine rings is 1. The van der Waals surface area contributed by atoms with E-state index in [1.54, 1.807) is 16.4 Å². The maximum Gasteiger partial charge on any atom is 0.244 e. The van der Waals surface area contributed by atoms with Crippen molar-refractivity contribution < 1.29 is 8.42 Å². The van der Waals surface area contributed by atoms with Gasteiger partial charge in [-0.05, 0) is 60.3 Å². The Morgan fingerprint density at radius 2 is 1.89 bits per heavy atom. The molecular weight excluding hydrogens is 358 g/mol. The summed E-state index contributed by atoms with van der Waals surface area (Å²) < 4.78 is 27.0. The van der Waals surface area contributed by atoms with E-state index in [9.17, 15) is 8.42 Å². The summed E-state index contributed by atoms with van der Waals surface area (Å²) in [6, 6.07) is 12.2. The number of rotatable bonds is 5. The van der Waals surface area contributed by atoms with Gasteiger partial charge in [0.15, 0.2) is 0 Å². The summed E-state index contributed by atoms with van der Waals surface area (Å²) in [6.07, 6.45) is 5.68. The topological polar surface area (TPSA) is 62.3 Å². The van der Waals surface area contributed by atoms with E-state index >= 15 is 0 Å². The van der Waals surface area contributed by atoms with Crippen LogP contribution in [0.25, 0.3) is 0 Å². The molecule has 1 aromatic heterocycles. The fraction of sp³-hybridized carbons (Fsp3) is 0.476. The van der Waals surface area contributed by atoms with E-state index in [0.29, 0.717) is 29.8 Å². The number of fused-ring (bicyclic) bond motifs is 3. The van der Waals surface area contributed by atoms with Crippen molar-refractivity contribution in [1.82, 2.24) is 9.29 Å². The summed E-state index contributed by atoms with van der Waals surface area (Å²) in [6.45, 7) is 2.14. The Bertz CT molecular complexity index is 936. The van der Waals surface area contributed by atoms with Crippen LogP contribution in [0.5, 0.6) is 0 Å². The minimum Gasteiger partial charge on any atom is -0.370 e. The first kappa shape index (κ1) is 17.2. The van der Waals surface area contributed by atoms with Gasteiger partial charge in [-0.15, -0.1) is 0 Å². The first-order chi connectivity index (χ1) is 13.1. The number of nitrogens with one attached hydrogen (secondary N) is 1. The predicted octanol–water partition coefficient (Wildman–Crippen LogP) is 3.25. The Morgan fingerprint density at radius 3 is 2.67 bits per heavy atom. The van der Waals surface area contributed by atoms with Crippen LogP contribution in [0.4, 0.5) is 5.82 Å². The first-order valence-electron chi connectivity index (χ1n) is 9.92. The third-order valence-corrected chi connectivity index (χ3v) is 8.29. The lowest BCUT2D eigenvalue weighted by Crippen LogP contribution is -2.35. The van der Waals surface area contributed by atoms with Crippen molar-refractivity contribution in [2.45, 2.75) is 36.5 Å². The molecule has 1 N–H and O–H groups in total. The van der Waals surface area contributed by atoms with Gasteiger partial charge in [0.05, 0.1) is 0 Å². The normalized spacial score (nSPS) is 27.0. The molecule has 1 aromatic carbocycles. The lowest BCUT2D eigenvalue weighted by Gasteiger charge is -2.25. The molecule has 0 radical (unpaired) electrons. The summed E-state index contributed by atoms with van der Waals surface area (Å²) in [5.41, 5.74) is 3.03. The molecule has 2 aromatic rings. The molecule has 3 atom stereocenters. The van der Waals surface area contributed by atoms with Crippen LogP contribution in [0.3, 0.4) is 0 Å². The Morgan fingerprint density at radius 1 is 1.07 bits per heavy atom. The highest BCUT2D eigenvalue weighted by Crippen LogP contribution is 2.61. The third kappa shape index (κ3) is 3.05. The highest BCUT2D eigenvalue weighted by molar-refractivity contribution is 7.89. The quantitative estimate of drug-likeness (QED) is 0.861. The number of sulfonamides is 1. The molecule has 142 valence electrons.